The van der Waals surface area contributed by atoms with Gasteiger partial charge in [-0.2, -0.15) is 0 Å². The van der Waals surface area contributed by atoms with Crippen LogP contribution in [0.15, 0.2) is 35.5 Å². The summed E-state index contributed by atoms with van der Waals surface area (Å²) in [5, 5.41) is 0. The third kappa shape index (κ3) is 5.53. The van der Waals surface area contributed by atoms with Gasteiger partial charge in [-0.25, -0.2) is 4.79 Å². The molecule has 0 aromatic carbocycles. The van der Waals surface area contributed by atoms with Crippen molar-refractivity contribution in [2.24, 2.45) is 5.92 Å². The molecule has 1 unspecified atom stereocenters. The van der Waals surface area contributed by atoms with Gasteiger partial charge in [-0.1, -0.05) is 36.8 Å². The van der Waals surface area contributed by atoms with Crippen molar-refractivity contribution in [2.45, 2.75) is 40.0 Å². The van der Waals surface area contributed by atoms with E-state index in [0.29, 0.717) is 12.5 Å². The Balaban J connectivity index is 2.33. The van der Waals surface area contributed by atoms with Crippen LogP contribution in [0.4, 0.5) is 0 Å². The number of cyclic esters (lactones) is 1. The van der Waals surface area contributed by atoms with Crippen molar-refractivity contribution in [3.05, 3.63) is 35.5 Å². The van der Waals surface area contributed by atoms with Gasteiger partial charge in [-0.15, -0.1) is 0 Å². The molecule has 1 fully saturated rings. The Labute approximate surface area is 104 Å². The van der Waals surface area contributed by atoms with Crippen molar-refractivity contribution in [1.29, 1.82) is 0 Å². The van der Waals surface area contributed by atoms with Gasteiger partial charge < -0.3 is 4.74 Å². The highest BCUT2D eigenvalue weighted by Gasteiger charge is 2.16. The van der Waals surface area contributed by atoms with E-state index in [-0.39, 0.29) is 5.97 Å². The molecule has 0 saturated carbocycles. The molecular formula is C15H22O2. The largest absolute Gasteiger partial charge is 0.462 e. The first-order valence-corrected chi connectivity index (χ1v) is 6.27. The zero-order valence-electron chi connectivity index (χ0n) is 11.0. The summed E-state index contributed by atoms with van der Waals surface area (Å²) in [4.78, 5) is 11.2. The number of allylic oxidation sites excluding steroid dienone is 5. The second-order valence-corrected chi connectivity index (χ2v) is 4.80. The van der Waals surface area contributed by atoms with Crippen LogP contribution < -0.4 is 0 Å². The molecule has 0 amide bonds. The number of rotatable bonds is 5. The number of ether oxygens (including phenoxy) is 1. The molecule has 1 saturated heterocycles. The quantitative estimate of drug-likeness (QED) is 0.411. The molecule has 1 rings (SSSR count). The van der Waals surface area contributed by atoms with E-state index < -0.39 is 0 Å². The standard InChI is InChI=1S/C15H22O2/c1-12(2)6-4-7-13(3)8-5-9-14-10-11-17-15(14)16/h5-6,8-9,13H,4,7,10-11H2,1-3H3/b8-5+,14-9-. The maximum Gasteiger partial charge on any atom is 0.334 e. The highest BCUT2D eigenvalue weighted by atomic mass is 16.5. The molecule has 2 heteroatoms. The lowest BCUT2D eigenvalue weighted by atomic mass is 10.0. The average molecular weight is 234 g/mol. The molecule has 0 aliphatic carbocycles. The van der Waals surface area contributed by atoms with Crippen molar-refractivity contribution in [1.82, 2.24) is 0 Å². The molecule has 0 bridgehead atoms. The Kier molecular flexibility index (Phi) is 5.75. The van der Waals surface area contributed by atoms with Crippen LogP contribution in [0.2, 0.25) is 0 Å². The highest BCUT2D eigenvalue weighted by Crippen LogP contribution is 2.14. The monoisotopic (exact) mass is 234 g/mol. The van der Waals surface area contributed by atoms with Crippen LogP contribution in [0.25, 0.3) is 0 Å². The predicted octanol–water partition coefficient (Wildman–Crippen LogP) is 3.80. The normalized spacial score (nSPS) is 19.7. The first-order valence-electron chi connectivity index (χ1n) is 6.27. The Morgan fingerprint density at radius 3 is 2.82 bits per heavy atom. The molecule has 0 aromatic rings. The van der Waals surface area contributed by atoms with Gasteiger partial charge in [0, 0.05) is 12.0 Å². The second kappa shape index (κ2) is 7.10. The Bertz CT molecular complexity index is 344. The Morgan fingerprint density at radius 1 is 1.47 bits per heavy atom. The van der Waals surface area contributed by atoms with E-state index in [0.717, 1.165) is 24.8 Å². The summed E-state index contributed by atoms with van der Waals surface area (Å²) in [6.07, 6.45) is 11.3. The minimum Gasteiger partial charge on any atom is -0.462 e. The van der Waals surface area contributed by atoms with Crippen LogP contribution in [-0.2, 0) is 9.53 Å². The summed E-state index contributed by atoms with van der Waals surface area (Å²) in [7, 11) is 0. The van der Waals surface area contributed by atoms with Gasteiger partial charge in [0.2, 0.25) is 0 Å². The highest BCUT2D eigenvalue weighted by molar-refractivity contribution is 5.90. The SMILES string of the molecule is CC(C)=CCCC(C)/C=C/C=C1/CCOC1=O. The molecular weight excluding hydrogens is 212 g/mol. The molecule has 2 nitrogen and oxygen atoms in total. The van der Waals surface area contributed by atoms with E-state index in [2.05, 4.69) is 32.9 Å². The molecule has 0 radical (unpaired) electrons. The van der Waals surface area contributed by atoms with Gasteiger partial charge in [0.1, 0.15) is 0 Å². The fraction of sp³-hybridized carbons (Fsp3) is 0.533. The lowest BCUT2D eigenvalue weighted by Gasteiger charge is -2.02. The number of carbonyl (C=O) groups is 1. The molecule has 1 heterocycles. The van der Waals surface area contributed by atoms with Gasteiger partial charge in [0.05, 0.1) is 6.61 Å². The number of hydrogen-bond donors (Lipinski definition) is 0. The molecule has 0 spiro atoms. The van der Waals surface area contributed by atoms with Gasteiger partial charge in [0.15, 0.2) is 0 Å². The third-order valence-corrected chi connectivity index (χ3v) is 2.78. The summed E-state index contributed by atoms with van der Waals surface area (Å²) in [6, 6.07) is 0. The van der Waals surface area contributed by atoms with Gasteiger partial charge >= 0.3 is 5.97 Å². The van der Waals surface area contributed by atoms with Gasteiger partial charge in [0.25, 0.3) is 0 Å². The van der Waals surface area contributed by atoms with Crippen LogP contribution in [-0.4, -0.2) is 12.6 Å². The van der Waals surface area contributed by atoms with E-state index in [1.54, 1.807) is 0 Å². The molecule has 17 heavy (non-hydrogen) atoms. The van der Waals surface area contributed by atoms with E-state index in [1.807, 2.05) is 12.2 Å². The third-order valence-electron chi connectivity index (χ3n) is 2.78. The van der Waals surface area contributed by atoms with Crippen LogP contribution in [0.3, 0.4) is 0 Å². The van der Waals surface area contributed by atoms with Gasteiger partial charge in [-0.05, 0) is 32.6 Å². The van der Waals surface area contributed by atoms with Crippen molar-refractivity contribution < 1.29 is 9.53 Å². The first-order chi connectivity index (χ1) is 8.09. The second-order valence-electron chi connectivity index (χ2n) is 4.80. The van der Waals surface area contributed by atoms with E-state index >= 15 is 0 Å². The number of carbonyl (C=O) groups excluding carboxylic acids is 1. The van der Waals surface area contributed by atoms with E-state index in [4.69, 9.17) is 4.74 Å². The maximum atomic E-state index is 11.2. The summed E-state index contributed by atoms with van der Waals surface area (Å²) in [5.74, 6) is 0.381. The van der Waals surface area contributed by atoms with Crippen molar-refractivity contribution in [3.8, 4) is 0 Å². The Hall–Kier alpha value is -1.31. The molecule has 1 aliphatic rings. The Morgan fingerprint density at radius 2 is 2.24 bits per heavy atom. The zero-order chi connectivity index (χ0) is 12.7. The van der Waals surface area contributed by atoms with E-state index in [9.17, 15) is 4.79 Å². The van der Waals surface area contributed by atoms with Crippen molar-refractivity contribution in [3.63, 3.8) is 0 Å². The zero-order valence-corrected chi connectivity index (χ0v) is 11.0. The van der Waals surface area contributed by atoms with Crippen LogP contribution in [0.1, 0.15) is 40.0 Å². The fourth-order valence-corrected chi connectivity index (χ4v) is 1.69. The minimum atomic E-state index is -0.160. The van der Waals surface area contributed by atoms with Crippen LogP contribution >= 0.6 is 0 Å². The average Bonchev–Trinajstić information content (AvgIpc) is 2.64. The number of esters is 1. The lowest BCUT2D eigenvalue weighted by Crippen LogP contribution is -1.94. The molecule has 0 aromatic heterocycles. The van der Waals surface area contributed by atoms with Crippen LogP contribution in [0.5, 0.6) is 0 Å². The summed E-state index contributed by atoms with van der Waals surface area (Å²) >= 11 is 0. The first kappa shape index (κ1) is 13.8. The molecule has 1 atom stereocenters. The smallest absolute Gasteiger partial charge is 0.334 e. The minimum absolute atomic E-state index is 0.160. The summed E-state index contributed by atoms with van der Waals surface area (Å²) < 4.78 is 4.87. The summed E-state index contributed by atoms with van der Waals surface area (Å²) in [5.41, 5.74) is 2.16. The molecule has 1 aliphatic heterocycles. The fourth-order valence-electron chi connectivity index (χ4n) is 1.69. The number of hydrogen-bond acceptors (Lipinski definition) is 2. The van der Waals surface area contributed by atoms with Crippen molar-refractivity contribution in [2.75, 3.05) is 6.61 Å². The maximum absolute atomic E-state index is 11.2. The van der Waals surface area contributed by atoms with Gasteiger partial charge in [-0.3, -0.25) is 0 Å². The van der Waals surface area contributed by atoms with Crippen LogP contribution in [0, 0.1) is 5.92 Å². The lowest BCUT2D eigenvalue weighted by molar-refractivity contribution is -0.135. The predicted molar refractivity (Wildman–Crippen MR) is 70.6 cm³/mol. The molecule has 0 N–H and O–H groups in total. The molecule has 94 valence electrons. The van der Waals surface area contributed by atoms with Crippen molar-refractivity contribution >= 4 is 5.97 Å². The van der Waals surface area contributed by atoms with E-state index in [1.165, 1.54) is 5.57 Å². The summed E-state index contributed by atoms with van der Waals surface area (Å²) in [6.45, 7) is 6.97. The topological polar surface area (TPSA) is 26.3 Å².